The van der Waals surface area contributed by atoms with E-state index < -0.39 is 46.3 Å². The number of carbonyl (C=O) groups is 1. The number of rotatable bonds is 4. The summed E-state index contributed by atoms with van der Waals surface area (Å²) in [5.41, 5.74) is -5.51. The molecule has 12 heteroatoms. The summed E-state index contributed by atoms with van der Waals surface area (Å²) < 4.78 is 97.5. The van der Waals surface area contributed by atoms with E-state index in [2.05, 4.69) is 4.18 Å². The maximum absolute atomic E-state index is 12.0. The van der Waals surface area contributed by atoms with Gasteiger partial charge >= 0.3 is 27.7 Å². The second-order valence-corrected chi connectivity index (χ2v) is 6.48. The van der Waals surface area contributed by atoms with Crippen molar-refractivity contribution in [2.45, 2.75) is 43.4 Å². The second kappa shape index (κ2) is 6.60. The van der Waals surface area contributed by atoms with Gasteiger partial charge in [-0.2, -0.15) is 34.8 Å². The van der Waals surface area contributed by atoms with E-state index in [-0.39, 0.29) is 25.7 Å². The third kappa shape index (κ3) is 5.30. The molecular weight excluding hydrogens is 344 g/mol. The summed E-state index contributed by atoms with van der Waals surface area (Å²) in [6.07, 6.45) is -4.50. The van der Waals surface area contributed by atoms with Crippen molar-refractivity contribution in [3.63, 3.8) is 0 Å². The molecule has 0 saturated heterocycles. The molecule has 22 heavy (non-hydrogen) atoms. The third-order valence-electron chi connectivity index (χ3n) is 3.18. The fraction of sp³-hybridized carbons (Fsp3) is 0.900. The smallest absolute Gasteiger partial charge is 0.346 e. The maximum Gasteiger partial charge on any atom is 0.523 e. The van der Waals surface area contributed by atoms with Gasteiger partial charge in [0.1, 0.15) is 0 Å². The van der Waals surface area contributed by atoms with Crippen LogP contribution in [0.3, 0.4) is 0 Å². The fourth-order valence-electron chi connectivity index (χ4n) is 1.99. The Balaban J connectivity index is 2.39. The van der Waals surface area contributed by atoms with Crippen molar-refractivity contribution in [1.82, 2.24) is 5.32 Å². The Labute approximate surface area is 122 Å². The van der Waals surface area contributed by atoms with Crippen LogP contribution in [0, 0.1) is 5.92 Å². The number of hydrogen-bond acceptors (Lipinski definition) is 4. The topological polar surface area (TPSA) is 72.5 Å². The van der Waals surface area contributed by atoms with Gasteiger partial charge in [-0.1, -0.05) is 0 Å². The standard InChI is InChI=1S/C10H13F6NO4S/c11-9(12,13)8(18)17-7-3-1-6(2-4-7)5-21-22(19,20)10(14,15)16/h6-7H,1-5H2,(H,17,18). The Hall–Kier alpha value is -1.04. The van der Waals surface area contributed by atoms with Crippen LogP contribution < -0.4 is 5.32 Å². The molecule has 0 spiro atoms. The van der Waals surface area contributed by atoms with E-state index in [1.54, 1.807) is 5.32 Å². The van der Waals surface area contributed by atoms with Crippen molar-refractivity contribution in [2.75, 3.05) is 6.61 Å². The Kier molecular flexibility index (Phi) is 5.71. The number of halogens is 6. The normalized spacial score (nSPS) is 24.1. The molecule has 0 aromatic heterocycles. The van der Waals surface area contributed by atoms with E-state index in [1.165, 1.54) is 0 Å². The minimum absolute atomic E-state index is 0.0991. The van der Waals surface area contributed by atoms with Gasteiger partial charge in [-0.15, -0.1) is 0 Å². The lowest BCUT2D eigenvalue weighted by molar-refractivity contribution is -0.174. The van der Waals surface area contributed by atoms with Gasteiger partial charge < -0.3 is 5.32 Å². The molecule has 0 unspecified atom stereocenters. The SMILES string of the molecule is O=C(NC1CCC(COS(=O)(=O)C(F)(F)F)CC1)C(F)(F)F. The molecular formula is C10H13F6NO4S. The Morgan fingerprint density at radius 3 is 1.95 bits per heavy atom. The first-order valence-electron chi connectivity index (χ1n) is 6.16. The van der Waals surface area contributed by atoms with Gasteiger partial charge in [0.2, 0.25) is 0 Å². The van der Waals surface area contributed by atoms with Crippen molar-refractivity contribution in [2.24, 2.45) is 5.92 Å². The maximum atomic E-state index is 12.0. The summed E-state index contributed by atoms with van der Waals surface area (Å²) in [4.78, 5) is 10.7. The van der Waals surface area contributed by atoms with Crippen LogP contribution in [0.1, 0.15) is 25.7 Å². The minimum atomic E-state index is -5.67. The minimum Gasteiger partial charge on any atom is -0.346 e. The highest BCUT2D eigenvalue weighted by Crippen LogP contribution is 2.29. The van der Waals surface area contributed by atoms with Crippen molar-refractivity contribution in [3.8, 4) is 0 Å². The highest BCUT2D eigenvalue weighted by Gasteiger charge is 2.47. The predicted molar refractivity (Wildman–Crippen MR) is 60.9 cm³/mol. The van der Waals surface area contributed by atoms with Crippen molar-refractivity contribution >= 4 is 16.0 Å². The van der Waals surface area contributed by atoms with Gasteiger partial charge in [0.25, 0.3) is 0 Å². The predicted octanol–water partition coefficient (Wildman–Crippen LogP) is 2.09. The largest absolute Gasteiger partial charge is 0.523 e. The molecule has 0 aromatic rings. The average Bonchev–Trinajstić information content (AvgIpc) is 2.35. The highest BCUT2D eigenvalue weighted by atomic mass is 32.2. The molecule has 0 aliphatic heterocycles. The first-order chi connectivity index (χ1) is 9.83. The lowest BCUT2D eigenvalue weighted by Gasteiger charge is -2.29. The van der Waals surface area contributed by atoms with Gasteiger partial charge in [0.05, 0.1) is 6.61 Å². The van der Waals surface area contributed by atoms with Crippen LogP contribution >= 0.6 is 0 Å². The first kappa shape index (κ1) is 19.0. The zero-order valence-electron chi connectivity index (χ0n) is 11.0. The molecule has 1 rings (SSSR count). The van der Waals surface area contributed by atoms with Crippen LogP contribution in [-0.2, 0) is 19.1 Å². The number of nitrogens with one attached hydrogen (secondary N) is 1. The van der Waals surface area contributed by atoms with Crippen LogP contribution in [0.4, 0.5) is 26.3 Å². The highest BCUT2D eigenvalue weighted by molar-refractivity contribution is 7.87. The number of carbonyl (C=O) groups excluding carboxylic acids is 1. The molecule has 0 heterocycles. The summed E-state index contributed by atoms with van der Waals surface area (Å²) in [6, 6.07) is -0.746. The molecule has 1 amide bonds. The zero-order chi connectivity index (χ0) is 17.2. The summed E-state index contributed by atoms with van der Waals surface area (Å²) in [5, 5.41) is 1.77. The van der Waals surface area contributed by atoms with Gasteiger partial charge in [-0.25, -0.2) is 0 Å². The quantitative estimate of drug-likeness (QED) is 0.475. The molecule has 1 N–H and O–H groups in total. The van der Waals surface area contributed by atoms with Crippen molar-refractivity contribution < 1.29 is 43.7 Å². The first-order valence-corrected chi connectivity index (χ1v) is 7.57. The molecule has 0 radical (unpaired) electrons. The van der Waals surface area contributed by atoms with E-state index >= 15 is 0 Å². The van der Waals surface area contributed by atoms with E-state index in [1.807, 2.05) is 0 Å². The molecule has 1 aliphatic rings. The summed E-state index contributed by atoms with van der Waals surface area (Å²) in [7, 11) is -5.67. The van der Waals surface area contributed by atoms with Gasteiger partial charge in [0, 0.05) is 6.04 Å². The van der Waals surface area contributed by atoms with Gasteiger partial charge in [-0.05, 0) is 31.6 Å². The number of alkyl halides is 6. The Morgan fingerprint density at radius 1 is 1.05 bits per heavy atom. The van der Waals surface area contributed by atoms with Crippen LogP contribution in [0.2, 0.25) is 0 Å². The lowest BCUT2D eigenvalue weighted by Crippen LogP contribution is -2.44. The van der Waals surface area contributed by atoms with E-state index in [0.717, 1.165) is 0 Å². The zero-order valence-corrected chi connectivity index (χ0v) is 11.8. The average molecular weight is 357 g/mol. The van der Waals surface area contributed by atoms with E-state index in [4.69, 9.17) is 0 Å². The van der Waals surface area contributed by atoms with Gasteiger partial charge in [-0.3, -0.25) is 8.98 Å². The summed E-state index contributed by atoms with van der Waals surface area (Å²) in [6.45, 7) is -0.693. The fourth-order valence-corrected chi connectivity index (χ4v) is 2.50. The van der Waals surface area contributed by atoms with Crippen LogP contribution in [-0.4, -0.2) is 38.7 Å². The molecule has 0 bridgehead atoms. The van der Waals surface area contributed by atoms with Crippen LogP contribution in [0.5, 0.6) is 0 Å². The monoisotopic (exact) mass is 357 g/mol. The van der Waals surface area contributed by atoms with Crippen LogP contribution in [0.25, 0.3) is 0 Å². The second-order valence-electron chi connectivity index (χ2n) is 4.87. The summed E-state index contributed by atoms with van der Waals surface area (Å²) >= 11 is 0. The van der Waals surface area contributed by atoms with Crippen LogP contribution in [0.15, 0.2) is 0 Å². The Morgan fingerprint density at radius 2 is 1.55 bits per heavy atom. The van der Waals surface area contributed by atoms with Crippen molar-refractivity contribution in [1.29, 1.82) is 0 Å². The number of hydrogen-bond donors (Lipinski definition) is 1. The van der Waals surface area contributed by atoms with E-state index in [9.17, 15) is 39.6 Å². The summed E-state index contributed by atoms with van der Waals surface area (Å²) in [5.74, 6) is -2.61. The van der Waals surface area contributed by atoms with Gasteiger partial charge in [0.15, 0.2) is 0 Å². The molecule has 1 saturated carbocycles. The lowest BCUT2D eigenvalue weighted by atomic mass is 9.86. The molecule has 0 atom stereocenters. The molecule has 0 aromatic carbocycles. The molecule has 1 fully saturated rings. The van der Waals surface area contributed by atoms with Crippen molar-refractivity contribution in [3.05, 3.63) is 0 Å². The molecule has 1 aliphatic carbocycles. The molecule has 5 nitrogen and oxygen atoms in total. The Bertz CT molecular complexity index is 493. The third-order valence-corrected chi connectivity index (χ3v) is 4.20. The van der Waals surface area contributed by atoms with E-state index in [0.29, 0.717) is 0 Å². The number of amides is 1. The molecule has 130 valence electrons.